The average Bonchev–Trinajstić information content (AvgIpc) is 2.89. The van der Waals surface area contributed by atoms with Crippen LogP contribution in [0.2, 0.25) is 0 Å². The van der Waals surface area contributed by atoms with Gasteiger partial charge in [-0.1, -0.05) is 12.2 Å². The molecule has 198 valence electrons. The maximum Gasteiger partial charge on any atom is 0.154 e. The van der Waals surface area contributed by atoms with E-state index in [1.54, 1.807) is 12.2 Å². The van der Waals surface area contributed by atoms with Crippen molar-refractivity contribution >= 4 is 31.4 Å². The molecular weight excluding hydrogens is 454 g/mol. The lowest BCUT2D eigenvalue weighted by Gasteiger charge is -2.30. The van der Waals surface area contributed by atoms with Gasteiger partial charge in [0, 0.05) is 18.3 Å². The van der Waals surface area contributed by atoms with E-state index in [1.165, 1.54) is 7.05 Å². The number of aliphatic hydroxyl groups excluding tert-OH is 2. The lowest BCUT2D eigenvalue weighted by atomic mass is 9.89. The predicted molar refractivity (Wildman–Crippen MR) is 131 cm³/mol. The molecule has 35 heavy (non-hydrogen) atoms. The average molecular weight is 496 g/mol. The maximum atomic E-state index is 11.5. The van der Waals surface area contributed by atoms with Crippen LogP contribution < -0.4 is 5.73 Å². The molecule has 1 saturated heterocycles. The molecule has 0 spiro atoms. The number of ether oxygens (including phenoxy) is 1. The van der Waals surface area contributed by atoms with Crippen LogP contribution in [0.25, 0.3) is 0 Å². The highest BCUT2D eigenvalue weighted by molar-refractivity contribution is 5.74. The van der Waals surface area contributed by atoms with Crippen molar-refractivity contribution in [3.63, 3.8) is 0 Å². The van der Waals surface area contributed by atoms with Crippen molar-refractivity contribution in [1.29, 1.82) is 0 Å². The fourth-order valence-electron chi connectivity index (χ4n) is 3.90. The molecule has 1 rings (SSSR count). The van der Waals surface area contributed by atoms with Gasteiger partial charge >= 0.3 is 0 Å². The zero-order valence-electron chi connectivity index (χ0n) is 20.6. The first-order chi connectivity index (χ1) is 17.0. The molecule has 0 amide bonds. The third-order valence-corrected chi connectivity index (χ3v) is 5.94. The number of carbonyl (C=O) groups excluding carboxylic acids is 5. The largest absolute Gasteiger partial charge is 0.392 e. The van der Waals surface area contributed by atoms with Gasteiger partial charge in [0.2, 0.25) is 0 Å². The van der Waals surface area contributed by atoms with Gasteiger partial charge in [-0.25, -0.2) is 0 Å². The Morgan fingerprint density at radius 2 is 1.63 bits per heavy atom. The number of allylic oxidation sites excluding steroid dienone is 4. The summed E-state index contributed by atoms with van der Waals surface area (Å²) in [6, 6.07) is 0. The molecule has 1 fully saturated rings. The molecule has 5 unspecified atom stereocenters. The Labute approximate surface area is 207 Å². The Kier molecular flexibility index (Phi) is 19.6. The lowest BCUT2D eigenvalue weighted by Crippen LogP contribution is -2.34. The molecule has 4 N–H and O–H groups in total. The summed E-state index contributed by atoms with van der Waals surface area (Å²) in [5.41, 5.74) is 5.44. The molecule has 9 nitrogen and oxygen atoms in total. The molecule has 0 bridgehead atoms. The summed E-state index contributed by atoms with van der Waals surface area (Å²) in [6.45, 7) is 0. The van der Waals surface area contributed by atoms with Crippen LogP contribution >= 0.6 is 0 Å². The fraction of sp³-hybridized carbons (Fsp3) is 0.654. The van der Waals surface area contributed by atoms with Gasteiger partial charge in [0.15, 0.2) is 6.29 Å². The van der Waals surface area contributed by atoms with E-state index in [2.05, 4.69) is 5.73 Å². The molecule has 0 aromatic carbocycles. The van der Waals surface area contributed by atoms with Crippen LogP contribution in [-0.2, 0) is 28.7 Å². The molecule has 0 saturated carbocycles. The Balaban J connectivity index is 0.00000562. The normalized spacial score (nSPS) is 21.0. The van der Waals surface area contributed by atoms with Crippen LogP contribution in [0.15, 0.2) is 23.3 Å². The van der Waals surface area contributed by atoms with Crippen molar-refractivity contribution in [2.24, 2.45) is 17.6 Å². The summed E-state index contributed by atoms with van der Waals surface area (Å²) in [7, 11) is 1.50. The van der Waals surface area contributed by atoms with E-state index in [1.807, 2.05) is 0 Å². The van der Waals surface area contributed by atoms with E-state index >= 15 is 0 Å². The van der Waals surface area contributed by atoms with Crippen LogP contribution in [0.5, 0.6) is 0 Å². The molecule has 1 heterocycles. The van der Waals surface area contributed by atoms with Crippen molar-refractivity contribution < 1.29 is 38.9 Å². The molecule has 9 heteroatoms. The SMILES string of the molecule is CN.O=CCCC/C=C(/C=O)CCC(O)C(C=O)CC/C=C(/C=O)CC(C=O)C1CCCC(O)O1. The zero-order valence-corrected chi connectivity index (χ0v) is 20.6. The second-order valence-electron chi connectivity index (χ2n) is 8.44. The lowest BCUT2D eigenvalue weighted by molar-refractivity contribution is -0.177. The monoisotopic (exact) mass is 495 g/mol. The first-order valence-electron chi connectivity index (χ1n) is 12.2. The minimum Gasteiger partial charge on any atom is -0.392 e. The molecule has 1 aliphatic rings. The summed E-state index contributed by atoms with van der Waals surface area (Å²) in [4.78, 5) is 55.9. The topological polar surface area (TPSA) is 161 Å². The summed E-state index contributed by atoms with van der Waals surface area (Å²) < 4.78 is 5.43. The summed E-state index contributed by atoms with van der Waals surface area (Å²) in [5, 5.41) is 20.0. The van der Waals surface area contributed by atoms with E-state index in [0.29, 0.717) is 75.1 Å². The summed E-state index contributed by atoms with van der Waals surface area (Å²) >= 11 is 0. The molecular formula is C26H41NO8. The Morgan fingerprint density at radius 3 is 2.20 bits per heavy atom. The van der Waals surface area contributed by atoms with Crippen molar-refractivity contribution in [2.45, 2.75) is 89.1 Å². The Bertz CT molecular complexity index is 691. The first-order valence-corrected chi connectivity index (χ1v) is 12.2. The number of aliphatic hydroxyl groups is 2. The van der Waals surface area contributed by atoms with Gasteiger partial charge in [-0.15, -0.1) is 0 Å². The summed E-state index contributed by atoms with van der Waals surface area (Å²) in [6.07, 6.45) is 9.88. The van der Waals surface area contributed by atoms with Crippen LogP contribution in [-0.4, -0.2) is 67.2 Å². The van der Waals surface area contributed by atoms with Gasteiger partial charge in [0.05, 0.1) is 12.2 Å². The van der Waals surface area contributed by atoms with Crippen molar-refractivity contribution in [1.82, 2.24) is 0 Å². The number of hydrogen-bond donors (Lipinski definition) is 3. The first kappa shape index (κ1) is 32.7. The van der Waals surface area contributed by atoms with Crippen LogP contribution in [0.4, 0.5) is 0 Å². The second kappa shape index (κ2) is 21.0. The molecule has 1 aliphatic heterocycles. The molecule has 0 radical (unpaired) electrons. The minimum atomic E-state index is -0.922. The smallest absolute Gasteiger partial charge is 0.154 e. The van der Waals surface area contributed by atoms with Crippen LogP contribution in [0.1, 0.15) is 70.6 Å². The zero-order chi connectivity index (χ0) is 26.5. The fourth-order valence-corrected chi connectivity index (χ4v) is 3.90. The van der Waals surface area contributed by atoms with E-state index in [-0.39, 0.29) is 12.8 Å². The van der Waals surface area contributed by atoms with Gasteiger partial charge in [0.1, 0.15) is 31.4 Å². The third kappa shape index (κ3) is 14.0. The van der Waals surface area contributed by atoms with Gasteiger partial charge < -0.3 is 35.1 Å². The van der Waals surface area contributed by atoms with Crippen molar-refractivity contribution in [2.75, 3.05) is 7.05 Å². The summed E-state index contributed by atoms with van der Waals surface area (Å²) in [5.74, 6) is -1.18. The van der Waals surface area contributed by atoms with Gasteiger partial charge in [-0.05, 0) is 82.4 Å². The predicted octanol–water partition coefficient (Wildman–Crippen LogP) is 2.01. The molecule has 5 atom stereocenters. The standard InChI is InChI=1S/C25H36O8.CH5N/c26-13-3-1-2-6-19(15-27)11-12-23(31)21(17-29)8-4-7-20(16-28)14-22(18-30)24-9-5-10-25(32)33-24;1-2/h6-7,13,15-18,21-25,31-32H,1-5,8-12,14H2;2H2,1H3/b19-6+,20-7+;. The quantitative estimate of drug-likeness (QED) is 0.147. The van der Waals surface area contributed by atoms with Crippen LogP contribution in [0, 0.1) is 11.8 Å². The number of carbonyl (C=O) groups is 5. The van der Waals surface area contributed by atoms with Gasteiger partial charge in [-0.3, -0.25) is 9.59 Å². The van der Waals surface area contributed by atoms with E-state index < -0.39 is 30.3 Å². The van der Waals surface area contributed by atoms with E-state index in [0.717, 1.165) is 25.3 Å². The molecule has 0 aliphatic carbocycles. The second-order valence-corrected chi connectivity index (χ2v) is 8.44. The van der Waals surface area contributed by atoms with Gasteiger partial charge in [-0.2, -0.15) is 0 Å². The van der Waals surface area contributed by atoms with E-state index in [4.69, 9.17) is 4.74 Å². The highest BCUT2D eigenvalue weighted by Crippen LogP contribution is 2.26. The van der Waals surface area contributed by atoms with E-state index in [9.17, 15) is 34.2 Å². The highest BCUT2D eigenvalue weighted by Gasteiger charge is 2.28. The number of rotatable bonds is 18. The highest BCUT2D eigenvalue weighted by atomic mass is 16.6. The Hall–Kier alpha value is -2.33. The number of aldehydes is 5. The number of hydrogen-bond acceptors (Lipinski definition) is 9. The maximum absolute atomic E-state index is 11.5. The number of unbranched alkanes of at least 4 members (excludes halogenated alkanes) is 2. The Morgan fingerprint density at radius 1 is 0.943 bits per heavy atom. The number of nitrogens with two attached hydrogens (primary N) is 1. The minimum absolute atomic E-state index is 0.191. The third-order valence-electron chi connectivity index (χ3n) is 5.94. The molecule has 0 aromatic rings. The molecule has 0 aromatic heterocycles. The van der Waals surface area contributed by atoms with Crippen molar-refractivity contribution in [3.05, 3.63) is 23.3 Å². The van der Waals surface area contributed by atoms with Crippen LogP contribution in [0.3, 0.4) is 0 Å². The van der Waals surface area contributed by atoms with Gasteiger partial charge in [0.25, 0.3) is 0 Å². The van der Waals surface area contributed by atoms with Crippen molar-refractivity contribution in [3.8, 4) is 0 Å².